The van der Waals surface area contributed by atoms with Gasteiger partial charge in [-0.05, 0) is 56.1 Å². The first-order valence-electron chi connectivity index (χ1n) is 7.58. The summed E-state index contributed by atoms with van der Waals surface area (Å²) in [5.74, 6) is 0. The van der Waals surface area contributed by atoms with E-state index in [1.54, 1.807) is 0 Å². The third-order valence-corrected chi connectivity index (χ3v) is 5.49. The molecule has 0 bridgehead atoms. The van der Waals surface area contributed by atoms with Gasteiger partial charge in [-0.3, -0.25) is 4.68 Å². The zero-order valence-corrected chi connectivity index (χ0v) is 14.6. The molecule has 1 aromatic heterocycles. The first kappa shape index (κ1) is 16.0. The number of halogens is 1. The molecule has 1 fully saturated rings. The Morgan fingerprint density at radius 3 is 2.75 bits per heavy atom. The van der Waals surface area contributed by atoms with E-state index >= 15 is 0 Å². The van der Waals surface area contributed by atoms with Crippen LogP contribution in [-0.2, 0) is 24.1 Å². The fraction of sp³-hybridized carbons (Fsp3) is 0.800. The van der Waals surface area contributed by atoms with E-state index < -0.39 is 0 Å². The molecule has 1 aromatic rings. The van der Waals surface area contributed by atoms with E-state index in [1.165, 1.54) is 10.2 Å². The number of ether oxygens (including phenoxy) is 1. The highest BCUT2D eigenvalue weighted by molar-refractivity contribution is 9.10. The topological polar surface area (TPSA) is 39.1 Å². The summed E-state index contributed by atoms with van der Waals surface area (Å²) in [5, 5.41) is 8.07. The van der Waals surface area contributed by atoms with Crippen molar-refractivity contribution >= 4 is 15.9 Å². The van der Waals surface area contributed by atoms with Crippen molar-refractivity contribution in [2.45, 2.75) is 52.7 Å². The van der Waals surface area contributed by atoms with Crippen LogP contribution in [0.5, 0.6) is 0 Å². The van der Waals surface area contributed by atoms with Crippen LogP contribution in [0.25, 0.3) is 0 Å². The Morgan fingerprint density at radius 2 is 2.25 bits per heavy atom. The van der Waals surface area contributed by atoms with E-state index in [2.05, 4.69) is 46.7 Å². The van der Waals surface area contributed by atoms with Gasteiger partial charge in [0, 0.05) is 25.1 Å². The number of aromatic nitrogens is 2. The van der Waals surface area contributed by atoms with Gasteiger partial charge in [0.1, 0.15) is 0 Å². The average Bonchev–Trinajstić information content (AvgIpc) is 2.93. The summed E-state index contributed by atoms with van der Waals surface area (Å²) in [6.07, 6.45) is 3.37. The van der Waals surface area contributed by atoms with Crippen LogP contribution in [0.4, 0.5) is 0 Å². The summed E-state index contributed by atoms with van der Waals surface area (Å²) in [7, 11) is 2.02. The summed E-state index contributed by atoms with van der Waals surface area (Å²) in [5.41, 5.74) is 2.65. The van der Waals surface area contributed by atoms with Gasteiger partial charge >= 0.3 is 0 Å². The molecule has 0 aromatic carbocycles. The van der Waals surface area contributed by atoms with E-state index in [0.717, 1.165) is 44.7 Å². The van der Waals surface area contributed by atoms with Crippen LogP contribution >= 0.6 is 15.9 Å². The van der Waals surface area contributed by atoms with Gasteiger partial charge in [-0.25, -0.2) is 0 Å². The molecule has 2 atom stereocenters. The summed E-state index contributed by atoms with van der Waals surface area (Å²) in [4.78, 5) is 0. The van der Waals surface area contributed by atoms with Crippen LogP contribution in [0.1, 0.15) is 38.6 Å². The van der Waals surface area contributed by atoms with Crippen molar-refractivity contribution < 1.29 is 4.74 Å². The standard InChI is InChI=1S/C15H26BrN3O/c1-5-12-14(16)13(19(6-2)18-12)9-15(10-17-4)7-8-20-11(15)3/h11,17H,5-10H2,1-4H3. The van der Waals surface area contributed by atoms with Gasteiger partial charge in [0.2, 0.25) is 0 Å². The Labute approximate surface area is 130 Å². The van der Waals surface area contributed by atoms with Crippen molar-refractivity contribution in [3.8, 4) is 0 Å². The van der Waals surface area contributed by atoms with E-state index in [4.69, 9.17) is 9.84 Å². The van der Waals surface area contributed by atoms with Crippen molar-refractivity contribution in [3.05, 3.63) is 15.9 Å². The summed E-state index contributed by atoms with van der Waals surface area (Å²) >= 11 is 3.76. The lowest BCUT2D eigenvalue weighted by Crippen LogP contribution is -2.40. The van der Waals surface area contributed by atoms with E-state index in [-0.39, 0.29) is 11.5 Å². The lowest BCUT2D eigenvalue weighted by molar-refractivity contribution is 0.0629. The molecule has 1 saturated heterocycles. The summed E-state index contributed by atoms with van der Waals surface area (Å²) in [6.45, 7) is 9.27. The lowest BCUT2D eigenvalue weighted by atomic mass is 9.77. The molecule has 2 unspecified atom stereocenters. The Hall–Kier alpha value is -0.390. The number of aryl methyl sites for hydroxylation is 2. The van der Waals surface area contributed by atoms with Gasteiger partial charge in [-0.1, -0.05) is 6.92 Å². The second-order valence-electron chi connectivity index (χ2n) is 5.71. The minimum atomic E-state index is 0.176. The van der Waals surface area contributed by atoms with Crippen molar-refractivity contribution in [1.82, 2.24) is 15.1 Å². The SMILES string of the molecule is CCc1nn(CC)c(CC2(CNC)CCOC2C)c1Br. The largest absolute Gasteiger partial charge is 0.378 e. The van der Waals surface area contributed by atoms with Crippen LogP contribution in [0.15, 0.2) is 4.47 Å². The molecule has 1 aliphatic heterocycles. The maximum Gasteiger partial charge on any atom is 0.0766 e. The quantitative estimate of drug-likeness (QED) is 0.863. The minimum absolute atomic E-state index is 0.176. The third kappa shape index (κ3) is 2.81. The molecule has 2 heterocycles. The van der Waals surface area contributed by atoms with Gasteiger partial charge in [-0.2, -0.15) is 5.10 Å². The maximum atomic E-state index is 5.86. The average molecular weight is 344 g/mol. The summed E-state index contributed by atoms with van der Waals surface area (Å²) in [6, 6.07) is 0. The Morgan fingerprint density at radius 1 is 1.50 bits per heavy atom. The number of nitrogens with one attached hydrogen (secondary N) is 1. The van der Waals surface area contributed by atoms with Crippen LogP contribution in [0.3, 0.4) is 0 Å². The zero-order chi connectivity index (χ0) is 14.8. The molecule has 2 rings (SSSR count). The molecule has 114 valence electrons. The van der Waals surface area contributed by atoms with Gasteiger partial charge < -0.3 is 10.1 Å². The summed E-state index contributed by atoms with van der Waals surface area (Å²) < 4.78 is 9.19. The molecule has 0 aliphatic carbocycles. The second-order valence-corrected chi connectivity index (χ2v) is 6.50. The maximum absolute atomic E-state index is 5.86. The predicted molar refractivity (Wildman–Crippen MR) is 85.1 cm³/mol. The lowest BCUT2D eigenvalue weighted by Gasteiger charge is -2.32. The molecule has 4 nitrogen and oxygen atoms in total. The molecule has 1 aliphatic rings. The molecular formula is C15H26BrN3O. The van der Waals surface area contributed by atoms with Crippen molar-refractivity contribution in [2.75, 3.05) is 20.2 Å². The number of hydrogen-bond donors (Lipinski definition) is 1. The minimum Gasteiger partial charge on any atom is -0.378 e. The van der Waals surface area contributed by atoms with Crippen molar-refractivity contribution in [3.63, 3.8) is 0 Å². The number of nitrogens with zero attached hydrogens (tertiary/aromatic N) is 2. The molecular weight excluding hydrogens is 318 g/mol. The smallest absolute Gasteiger partial charge is 0.0766 e. The fourth-order valence-electron chi connectivity index (χ4n) is 3.22. The molecule has 0 amide bonds. The molecule has 0 radical (unpaired) electrons. The fourth-order valence-corrected chi connectivity index (χ4v) is 3.92. The Kier molecular flexibility index (Phi) is 5.26. The van der Waals surface area contributed by atoms with Gasteiger partial charge in [0.15, 0.2) is 0 Å². The highest BCUT2D eigenvalue weighted by atomic mass is 79.9. The highest BCUT2D eigenvalue weighted by Crippen LogP contribution is 2.39. The zero-order valence-electron chi connectivity index (χ0n) is 13.0. The van der Waals surface area contributed by atoms with Crippen LogP contribution in [0.2, 0.25) is 0 Å². The van der Waals surface area contributed by atoms with Gasteiger partial charge in [0.25, 0.3) is 0 Å². The molecule has 5 heteroatoms. The van der Waals surface area contributed by atoms with Crippen molar-refractivity contribution in [1.29, 1.82) is 0 Å². The van der Waals surface area contributed by atoms with Crippen LogP contribution in [-0.4, -0.2) is 36.1 Å². The Balaban J connectivity index is 2.33. The Bertz CT molecular complexity index is 460. The monoisotopic (exact) mass is 343 g/mol. The van der Waals surface area contributed by atoms with Gasteiger partial charge in [-0.15, -0.1) is 0 Å². The third-order valence-electron chi connectivity index (χ3n) is 4.57. The molecule has 20 heavy (non-hydrogen) atoms. The number of hydrogen-bond acceptors (Lipinski definition) is 3. The van der Waals surface area contributed by atoms with Crippen molar-refractivity contribution in [2.24, 2.45) is 5.41 Å². The highest BCUT2D eigenvalue weighted by Gasteiger charge is 2.42. The predicted octanol–water partition coefficient (Wildman–Crippen LogP) is 2.79. The van der Waals surface area contributed by atoms with E-state index in [9.17, 15) is 0 Å². The number of rotatable bonds is 6. The second kappa shape index (κ2) is 6.58. The first-order valence-corrected chi connectivity index (χ1v) is 8.37. The molecule has 1 N–H and O–H groups in total. The van der Waals surface area contributed by atoms with Crippen LogP contribution < -0.4 is 5.32 Å². The van der Waals surface area contributed by atoms with Gasteiger partial charge in [0.05, 0.1) is 22.0 Å². The van der Waals surface area contributed by atoms with Crippen LogP contribution in [0, 0.1) is 5.41 Å². The van der Waals surface area contributed by atoms with E-state index in [0.29, 0.717) is 0 Å². The van der Waals surface area contributed by atoms with E-state index in [1.807, 2.05) is 7.05 Å². The normalized spacial score (nSPS) is 26.4. The first-order chi connectivity index (χ1) is 9.57. The molecule has 0 spiro atoms. The molecule has 0 saturated carbocycles.